The number of likely N-dealkylation sites (N-methyl/N-ethyl adjacent to an activating group) is 2. The Morgan fingerprint density at radius 2 is 1.52 bits per heavy atom. The number of hydroxylamine groups is 2. The first-order valence-electron chi connectivity index (χ1n) is 16.7. The van der Waals surface area contributed by atoms with Crippen molar-refractivity contribution in [2.24, 2.45) is 11.3 Å². The van der Waals surface area contributed by atoms with Gasteiger partial charge in [0.1, 0.15) is 12.1 Å². The molecule has 0 saturated carbocycles. The van der Waals surface area contributed by atoms with Crippen molar-refractivity contribution >= 4 is 41.5 Å². The quantitative estimate of drug-likeness (QED) is 0.147. The van der Waals surface area contributed by atoms with E-state index in [1.165, 1.54) is 11.8 Å². The van der Waals surface area contributed by atoms with Crippen LogP contribution in [-0.4, -0.2) is 94.8 Å². The number of carboxylic acids is 1. The lowest BCUT2D eigenvalue weighted by atomic mass is 9.76. The number of nitrogens with one attached hydrogen (secondary N) is 3. The molecule has 14 nitrogen and oxygen atoms in total. The third kappa shape index (κ3) is 10.7. The first-order valence-corrected chi connectivity index (χ1v) is 16.7. The Morgan fingerprint density at radius 3 is 2.00 bits per heavy atom. The first-order chi connectivity index (χ1) is 23.1. The highest BCUT2D eigenvalue weighted by atomic mass is 16.7. The molecular formula is C36H53N5O9. The lowest BCUT2D eigenvalue weighted by Gasteiger charge is -2.40. The minimum Gasteiger partial charge on any atom is -0.480 e. The van der Waals surface area contributed by atoms with Crippen LogP contribution < -0.4 is 16.0 Å². The third-order valence-corrected chi connectivity index (χ3v) is 8.89. The lowest BCUT2D eigenvalue weighted by molar-refractivity contribution is -0.197. The maximum absolute atomic E-state index is 14.1. The lowest BCUT2D eigenvalue weighted by Crippen LogP contribution is -2.61. The van der Waals surface area contributed by atoms with Crippen molar-refractivity contribution in [3.63, 3.8) is 0 Å². The van der Waals surface area contributed by atoms with E-state index in [0.29, 0.717) is 5.06 Å². The largest absolute Gasteiger partial charge is 0.480 e. The van der Waals surface area contributed by atoms with Gasteiger partial charge in [0.15, 0.2) is 0 Å². The predicted molar refractivity (Wildman–Crippen MR) is 185 cm³/mol. The van der Waals surface area contributed by atoms with Crippen molar-refractivity contribution in [3.8, 4) is 0 Å². The molecule has 50 heavy (non-hydrogen) atoms. The van der Waals surface area contributed by atoms with Gasteiger partial charge in [-0.15, -0.1) is 5.06 Å². The standard InChI is InChI=1S/C36H53N5O9/c1-21(2)25(20-22(3)31(45)38-24(34(48)49)16-19-28(44)50-41-26(42)17-18-27(41)43)40(10)33(47)30(35(4,5)6)39-32(46)29(37-9)36(7,8)23-14-12-11-13-15-23/h11-15,20-21,24-25,29-30,37H,16-19H2,1-10H3,(H,38,45)(H,39,46)(H,48,49)/b22-20+/t24-,25-,29-,30?/m1/s1. The van der Waals surface area contributed by atoms with E-state index in [9.17, 15) is 38.7 Å². The van der Waals surface area contributed by atoms with Crippen LogP contribution in [-0.2, 0) is 43.8 Å². The second-order valence-electron chi connectivity index (χ2n) is 14.6. The van der Waals surface area contributed by atoms with Gasteiger partial charge in [-0.3, -0.25) is 24.0 Å². The molecule has 0 aromatic heterocycles. The van der Waals surface area contributed by atoms with Crippen LogP contribution in [0.5, 0.6) is 0 Å². The number of nitrogens with zero attached hydrogens (tertiary/aromatic N) is 2. The summed E-state index contributed by atoms with van der Waals surface area (Å²) in [6.45, 7) is 14.7. The fourth-order valence-electron chi connectivity index (χ4n) is 5.76. The minimum absolute atomic E-state index is 0.0842. The zero-order chi connectivity index (χ0) is 38.1. The average molecular weight is 700 g/mol. The van der Waals surface area contributed by atoms with Gasteiger partial charge in [-0.2, -0.15) is 0 Å². The van der Waals surface area contributed by atoms with Crippen molar-refractivity contribution in [2.75, 3.05) is 14.1 Å². The Kier molecular flexibility index (Phi) is 14.4. The van der Waals surface area contributed by atoms with Gasteiger partial charge in [0.2, 0.25) is 17.7 Å². The molecule has 0 spiro atoms. The summed E-state index contributed by atoms with van der Waals surface area (Å²) in [4.78, 5) is 94.8. The smallest absolute Gasteiger partial charge is 0.333 e. The maximum atomic E-state index is 14.1. The van der Waals surface area contributed by atoms with E-state index in [1.54, 1.807) is 20.2 Å². The highest BCUT2D eigenvalue weighted by Crippen LogP contribution is 2.29. The van der Waals surface area contributed by atoms with Crippen molar-refractivity contribution in [1.29, 1.82) is 0 Å². The van der Waals surface area contributed by atoms with E-state index >= 15 is 0 Å². The van der Waals surface area contributed by atoms with Crippen molar-refractivity contribution in [2.45, 2.75) is 111 Å². The maximum Gasteiger partial charge on any atom is 0.333 e. The molecule has 1 aliphatic rings. The Labute approximate surface area is 294 Å². The summed E-state index contributed by atoms with van der Waals surface area (Å²) in [6.07, 6.45) is 0.543. The summed E-state index contributed by atoms with van der Waals surface area (Å²) in [6, 6.07) is 5.89. The number of amides is 5. The number of hydrogen-bond acceptors (Lipinski definition) is 9. The first kappa shape index (κ1) is 41.6. The van der Waals surface area contributed by atoms with E-state index in [-0.39, 0.29) is 42.6 Å². The third-order valence-electron chi connectivity index (χ3n) is 8.89. The van der Waals surface area contributed by atoms with Crippen LogP contribution in [0.4, 0.5) is 0 Å². The summed E-state index contributed by atoms with van der Waals surface area (Å²) in [5.41, 5.74) is -0.240. The monoisotopic (exact) mass is 699 g/mol. The molecule has 1 heterocycles. The Bertz CT molecular complexity index is 1450. The average Bonchev–Trinajstić information content (AvgIpc) is 3.35. The number of carbonyl (C=O) groups is 7. The molecule has 0 aliphatic carbocycles. The Morgan fingerprint density at radius 1 is 0.960 bits per heavy atom. The molecule has 2 rings (SSSR count). The molecule has 1 aromatic carbocycles. The van der Waals surface area contributed by atoms with E-state index in [4.69, 9.17) is 4.84 Å². The number of carbonyl (C=O) groups excluding carboxylic acids is 6. The molecule has 5 amide bonds. The molecule has 1 saturated heterocycles. The highest BCUT2D eigenvalue weighted by Gasteiger charge is 2.42. The fraction of sp³-hybridized carbons (Fsp3) is 0.583. The van der Waals surface area contributed by atoms with Crippen LogP contribution in [0.15, 0.2) is 42.0 Å². The summed E-state index contributed by atoms with van der Waals surface area (Å²) >= 11 is 0. The van der Waals surface area contributed by atoms with Crippen LogP contribution in [0, 0.1) is 11.3 Å². The van der Waals surface area contributed by atoms with E-state index in [0.717, 1.165) is 5.56 Å². The van der Waals surface area contributed by atoms with Crippen molar-refractivity contribution in [3.05, 3.63) is 47.5 Å². The molecule has 1 fully saturated rings. The molecule has 4 atom stereocenters. The second kappa shape index (κ2) is 17.4. The van der Waals surface area contributed by atoms with Crippen LogP contribution in [0.25, 0.3) is 0 Å². The van der Waals surface area contributed by atoms with E-state index in [1.807, 2.05) is 78.8 Å². The SMILES string of the molecule is CN[C@H](C(=O)NC(C(=O)N(C)[C@H](/C=C(\C)C(=O)N[C@H](CCC(=O)ON1C(=O)CCC1=O)C(=O)O)C(C)C)C(C)(C)C)C(C)(C)c1ccccc1. The second-order valence-corrected chi connectivity index (χ2v) is 14.6. The van der Waals surface area contributed by atoms with Gasteiger partial charge in [-0.1, -0.05) is 84.9 Å². The van der Waals surface area contributed by atoms with E-state index in [2.05, 4.69) is 16.0 Å². The zero-order valence-corrected chi connectivity index (χ0v) is 30.8. The summed E-state index contributed by atoms with van der Waals surface area (Å²) in [5.74, 6) is -5.38. The molecule has 14 heteroatoms. The zero-order valence-electron chi connectivity index (χ0n) is 30.8. The van der Waals surface area contributed by atoms with Gasteiger partial charge in [0.25, 0.3) is 11.8 Å². The van der Waals surface area contributed by atoms with Gasteiger partial charge in [-0.25, -0.2) is 9.59 Å². The highest BCUT2D eigenvalue weighted by molar-refractivity contribution is 6.01. The molecule has 4 N–H and O–H groups in total. The van der Waals surface area contributed by atoms with E-state index < -0.39 is 71.1 Å². The normalized spacial score (nSPS) is 16.4. The van der Waals surface area contributed by atoms with Crippen LogP contribution in [0.3, 0.4) is 0 Å². The van der Waals surface area contributed by atoms with Crippen LogP contribution in [0.2, 0.25) is 0 Å². The predicted octanol–water partition coefficient (Wildman–Crippen LogP) is 2.47. The molecule has 1 aromatic rings. The molecule has 1 aliphatic heterocycles. The summed E-state index contributed by atoms with van der Waals surface area (Å²) in [7, 11) is 3.28. The topological polar surface area (TPSA) is 192 Å². The van der Waals surface area contributed by atoms with Gasteiger partial charge >= 0.3 is 11.9 Å². The summed E-state index contributed by atoms with van der Waals surface area (Å²) in [5, 5.41) is 18.6. The number of hydrogen-bond donors (Lipinski definition) is 4. The number of benzene rings is 1. The van der Waals surface area contributed by atoms with Gasteiger partial charge < -0.3 is 30.8 Å². The number of rotatable bonds is 16. The molecule has 276 valence electrons. The fourth-order valence-corrected chi connectivity index (χ4v) is 5.76. The Hall–Kier alpha value is -4.59. The molecule has 0 bridgehead atoms. The number of carboxylic acid groups (broad SMARTS) is 1. The Balaban J connectivity index is 2.21. The molecular weight excluding hydrogens is 646 g/mol. The van der Waals surface area contributed by atoms with Crippen LogP contribution >= 0.6 is 0 Å². The number of imide groups is 1. The summed E-state index contributed by atoms with van der Waals surface area (Å²) < 4.78 is 0. The van der Waals surface area contributed by atoms with Crippen molar-refractivity contribution in [1.82, 2.24) is 25.9 Å². The minimum atomic E-state index is -1.49. The van der Waals surface area contributed by atoms with Gasteiger partial charge in [0, 0.05) is 30.9 Å². The van der Waals surface area contributed by atoms with Gasteiger partial charge in [0.05, 0.1) is 18.5 Å². The van der Waals surface area contributed by atoms with Crippen molar-refractivity contribution < 1.29 is 43.5 Å². The van der Waals surface area contributed by atoms with Gasteiger partial charge in [-0.05, 0) is 37.3 Å². The molecule has 0 radical (unpaired) electrons. The number of aliphatic carboxylic acids is 1. The molecule has 1 unspecified atom stereocenters. The van der Waals surface area contributed by atoms with Crippen LogP contribution in [0.1, 0.15) is 86.6 Å².